The molecule has 0 radical (unpaired) electrons. The highest BCUT2D eigenvalue weighted by atomic mass is 19.3. The second-order valence-corrected chi connectivity index (χ2v) is 13.5. The Morgan fingerprint density at radius 2 is 1.52 bits per heavy atom. The number of pyridine rings is 1. The number of hydrogen-bond acceptors (Lipinski definition) is 6. The molecule has 4 N–H and O–H groups in total. The maximum atomic E-state index is 15.7. The van der Waals surface area contributed by atoms with Crippen molar-refractivity contribution in [2.45, 2.75) is 109 Å². The summed E-state index contributed by atoms with van der Waals surface area (Å²) in [4.78, 5) is 23.3. The van der Waals surface area contributed by atoms with Crippen molar-refractivity contribution in [2.24, 2.45) is 16.6 Å². The lowest BCUT2D eigenvalue weighted by Crippen LogP contribution is -2.40. The number of halogens is 2. The molecule has 1 aromatic carbocycles. The first kappa shape index (κ1) is 32.6. The number of nitrogens with zero attached hydrogens (tertiary/aromatic N) is 4. The standard InChI is InChI=1S/C35H52F2N6O/c1-25(2)42-20-12-27(13-21-42)30-23-31-32(38)40-24-26-10-9-11-29(22-26)35(36,37)28-14-18-41(19-15-28)16-7-5-3-4-6-8-17-43(33(31)39)34(30)44/h9-11,22-23,25,27-28H,3-8,12-21,24,39H2,1-2H3,(H2,38,40). The van der Waals surface area contributed by atoms with Gasteiger partial charge in [0.1, 0.15) is 11.7 Å². The number of nitrogens with two attached hydrogens (primary N) is 2. The van der Waals surface area contributed by atoms with Crippen molar-refractivity contribution in [3.63, 3.8) is 0 Å². The number of aromatic nitrogens is 1. The third-order valence-electron chi connectivity index (χ3n) is 10.3. The molecule has 44 heavy (non-hydrogen) atoms. The van der Waals surface area contributed by atoms with Gasteiger partial charge in [-0.25, -0.2) is 8.78 Å². The summed E-state index contributed by atoms with van der Waals surface area (Å²) in [5, 5.41) is 0. The maximum Gasteiger partial charge on any atom is 0.276 e. The van der Waals surface area contributed by atoms with Gasteiger partial charge in [0.2, 0.25) is 0 Å². The molecule has 4 aliphatic heterocycles. The minimum absolute atomic E-state index is 0.0180. The van der Waals surface area contributed by atoms with Gasteiger partial charge < -0.3 is 21.3 Å². The fourth-order valence-corrected chi connectivity index (χ4v) is 7.35. The summed E-state index contributed by atoms with van der Waals surface area (Å²) in [5.41, 5.74) is 15.3. The zero-order valence-electron chi connectivity index (χ0n) is 26.7. The van der Waals surface area contributed by atoms with Crippen LogP contribution < -0.4 is 17.0 Å². The number of aliphatic imine (C=N–C) groups is 1. The van der Waals surface area contributed by atoms with E-state index in [2.05, 4.69) is 28.6 Å². The first-order chi connectivity index (χ1) is 21.1. The van der Waals surface area contributed by atoms with E-state index in [4.69, 9.17) is 11.5 Å². The smallest absolute Gasteiger partial charge is 0.276 e. The molecule has 0 atom stereocenters. The van der Waals surface area contributed by atoms with Crippen LogP contribution in [0.15, 0.2) is 40.1 Å². The summed E-state index contributed by atoms with van der Waals surface area (Å²) in [6.45, 7) is 9.46. The molecule has 6 rings (SSSR count). The van der Waals surface area contributed by atoms with Crippen LogP contribution in [-0.4, -0.2) is 59.0 Å². The van der Waals surface area contributed by atoms with Crippen molar-refractivity contribution < 1.29 is 8.78 Å². The number of anilines is 1. The molecular formula is C35H52F2N6O. The topological polar surface area (TPSA) is 92.9 Å². The van der Waals surface area contributed by atoms with Gasteiger partial charge in [-0.15, -0.1) is 0 Å². The van der Waals surface area contributed by atoms with Crippen molar-refractivity contribution in [2.75, 3.05) is 38.5 Å². The van der Waals surface area contributed by atoms with Gasteiger partial charge in [0, 0.05) is 29.6 Å². The van der Waals surface area contributed by atoms with Crippen LogP contribution in [-0.2, 0) is 19.0 Å². The molecule has 0 amide bonds. The van der Waals surface area contributed by atoms with E-state index in [1.807, 2.05) is 12.1 Å². The van der Waals surface area contributed by atoms with Gasteiger partial charge in [-0.3, -0.25) is 14.4 Å². The van der Waals surface area contributed by atoms with Crippen molar-refractivity contribution in [1.29, 1.82) is 0 Å². The summed E-state index contributed by atoms with van der Waals surface area (Å²) in [6.07, 6.45) is 9.21. The Kier molecular flexibility index (Phi) is 10.8. The molecule has 0 aliphatic carbocycles. The van der Waals surface area contributed by atoms with E-state index in [-0.39, 0.29) is 29.4 Å². The Hall–Kier alpha value is -2.78. The molecule has 9 heteroatoms. The zero-order valence-corrected chi connectivity index (χ0v) is 26.7. The predicted octanol–water partition coefficient (Wildman–Crippen LogP) is 6.08. The van der Waals surface area contributed by atoms with Gasteiger partial charge in [0.05, 0.1) is 12.1 Å². The molecule has 0 saturated carbocycles. The molecular weight excluding hydrogens is 558 g/mol. The molecule has 2 fully saturated rings. The van der Waals surface area contributed by atoms with E-state index in [0.29, 0.717) is 42.4 Å². The number of alkyl halides is 2. The van der Waals surface area contributed by atoms with Crippen LogP contribution in [0.2, 0.25) is 0 Å². The molecule has 1 aromatic heterocycles. The van der Waals surface area contributed by atoms with E-state index in [0.717, 1.165) is 89.7 Å². The Labute approximate surface area is 261 Å². The predicted molar refractivity (Wildman–Crippen MR) is 175 cm³/mol. The average Bonchev–Trinajstić information content (AvgIpc) is 3.02. The Morgan fingerprint density at radius 3 is 2.20 bits per heavy atom. The summed E-state index contributed by atoms with van der Waals surface area (Å²) in [6, 6.07) is 8.95. The molecule has 0 spiro atoms. The van der Waals surface area contributed by atoms with Gasteiger partial charge in [-0.2, -0.15) is 0 Å². The zero-order chi connectivity index (χ0) is 31.3. The molecule has 4 aliphatic rings. The summed E-state index contributed by atoms with van der Waals surface area (Å²) >= 11 is 0. The van der Waals surface area contributed by atoms with Crippen LogP contribution >= 0.6 is 0 Å². The SMILES string of the molecule is CC(C)N1CCC(c2cc3c(N)n(c2=O)CCCCCCCCN2CCC(CC2)C(F)(F)c2cccc(c2)CN=C3N)CC1. The minimum Gasteiger partial charge on any atom is -0.384 e. The number of amidine groups is 1. The lowest BCUT2D eigenvalue weighted by atomic mass is 9.86. The lowest BCUT2D eigenvalue weighted by molar-refractivity contribution is -0.0855. The minimum atomic E-state index is -2.89. The highest BCUT2D eigenvalue weighted by molar-refractivity contribution is 6.01. The van der Waals surface area contributed by atoms with Crippen molar-refractivity contribution in [3.8, 4) is 0 Å². The lowest BCUT2D eigenvalue weighted by Gasteiger charge is -2.36. The normalized spacial score (nSPS) is 24.8. The number of rotatable bonds is 2. The van der Waals surface area contributed by atoms with Gasteiger partial charge in [-0.05, 0) is 109 Å². The number of fused-ring (bicyclic) bond motifs is 10. The largest absolute Gasteiger partial charge is 0.384 e. The first-order valence-electron chi connectivity index (χ1n) is 16.9. The molecule has 2 saturated heterocycles. The molecule has 2 aromatic rings. The fraction of sp³-hybridized carbons (Fsp3) is 0.657. The maximum absolute atomic E-state index is 15.7. The monoisotopic (exact) mass is 610 g/mol. The second-order valence-electron chi connectivity index (χ2n) is 13.5. The van der Waals surface area contributed by atoms with Crippen LogP contribution in [0.25, 0.3) is 0 Å². The number of hydrogen-bond donors (Lipinski definition) is 2. The van der Waals surface area contributed by atoms with Gasteiger partial charge in [0.15, 0.2) is 0 Å². The van der Waals surface area contributed by atoms with Crippen molar-refractivity contribution >= 4 is 11.7 Å². The Morgan fingerprint density at radius 1 is 0.864 bits per heavy atom. The quantitative estimate of drug-likeness (QED) is 0.430. The molecule has 5 heterocycles. The van der Waals surface area contributed by atoms with Crippen molar-refractivity contribution in [1.82, 2.24) is 14.4 Å². The highest BCUT2D eigenvalue weighted by Crippen LogP contribution is 2.42. The second kappa shape index (κ2) is 14.5. The van der Waals surface area contributed by atoms with Gasteiger partial charge in [0.25, 0.3) is 11.5 Å². The number of likely N-dealkylation sites (tertiary alicyclic amines) is 1. The van der Waals surface area contributed by atoms with Gasteiger partial charge in [-0.1, -0.05) is 43.9 Å². The number of benzene rings is 1. The van der Waals surface area contributed by atoms with Crippen LogP contribution in [0.5, 0.6) is 0 Å². The third kappa shape index (κ3) is 7.53. The molecule has 6 bridgehead atoms. The average molecular weight is 611 g/mol. The number of piperidine rings is 2. The molecule has 0 unspecified atom stereocenters. The summed E-state index contributed by atoms with van der Waals surface area (Å²) < 4.78 is 33.1. The van der Waals surface area contributed by atoms with E-state index in [9.17, 15) is 4.79 Å². The van der Waals surface area contributed by atoms with E-state index < -0.39 is 11.8 Å². The van der Waals surface area contributed by atoms with Crippen LogP contribution in [0.3, 0.4) is 0 Å². The summed E-state index contributed by atoms with van der Waals surface area (Å²) in [5.74, 6) is -2.84. The van der Waals surface area contributed by atoms with Gasteiger partial charge >= 0.3 is 0 Å². The first-order valence-corrected chi connectivity index (χ1v) is 16.9. The molecule has 7 nitrogen and oxygen atoms in total. The van der Waals surface area contributed by atoms with E-state index in [1.54, 1.807) is 16.7 Å². The fourth-order valence-electron chi connectivity index (χ4n) is 7.35. The van der Waals surface area contributed by atoms with Crippen LogP contribution in [0.1, 0.15) is 106 Å². The third-order valence-corrected chi connectivity index (χ3v) is 10.3. The van der Waals surface area contributed by atoms with E-state index in [1.165, 1.54) is 6.07 Å². The number of nitrogen functional groups attached to an aromatic ring is 1. The van der Waals surface area contributed by atoms with Crippen molar-refractivity contribution in [3.05, 3.63) is 62.9 Å². The Balaban J connectivity index is 1.45. The highest BCUT2D eigenvalue weighted by Gasteiger charge is 2.42. The van der Waals surface area contributed by atoms with Crippen LogP contribution in [0.4, 0.5) is 14.6 Å². The van der Waals surface area contributed by atoms with E-state index >= 15 is 8.78 Å². The summed E-state index contributed by atoms with van der Waals surface area (Å²) in [7, 11) is 0. The Bertz CT molecular complexity index is 1340. The molecule has 242 valence electrons. The van der Waals surface area contributed by atoms with Crippen LogP contribution in [0, 0.1) is 5.92 Å².